The molecule has 29 heavy (non-hydrogen) atoms. The molecule has 152 valence electrons. The number of hydrogen-bond acceptors (Lipinski definition) is 6. The minimum Gasteiger partial charge on any atom is -0.459 e. The van der Waals surface area contributed by atoms with Crippen LogP contribution in [0, 0.1) is 13.8 Å². The van der Waals surface area contributed by atoms with Gasteiger partial charge in [-0.1, -0.05) is 12.1 Å². The fraction of sp³-hybridized carbons (Fsp3) is 0.333. The predicted molar refractivity (Wildman–Crippen MR) is 103 cm³/mol. The quantitative estimate of drug-likeness (QED) is 0.592. The fourth-order valence-electron chi connectivity index (χ4n) is 3.28. The molecule has 1 aromatic heterocycles. The van der Waals surface area contributed by atoms with Gasteiger partial charge in [-0.25, -0.2) is 9.59 Å². The van der Waals surface area contributed by atoms with E-state index in [2.05, 4.69) is 4.98 Å². The molecule has 0 bridgehead atoms. The number of carbonyl (C=O) groups excluding carboxylic acids is 4. The van der Waals surface area contributed by atoms with E-state index in [1.807, 2.05) is 0 Å². The van der Waals surface area contributed by atoms with E-state index in [4.69, 9.17) is 9.47 Å². The highest BCUT2D eigenvalue weighted by atomic mass is 16.5. The topological polar surface area (TPSA) is 106 Å². The molecular formula is C21H22N2O6. The molecule has 1 aliphatic rings. The van der Waals surface area contributed by atoms with Gasteiger partial charge in [0.2, 0.25) is 0 Å². The molecule has 8 nitrogen and oxygen atoms in total. The normalized spacial score (nSPS) is 13.1. The Morgan fingerprint density at radius 3 is 2.17 bits per heavy atom. The zero-order chi connectivity index (χ0) is 21.3. The van der Waals surface area contributed by atoms with Crippen molar-refractivity contribution in [1.82, 2.24) is 9.88 Å². The Labute approximate surface area is 167 Å². The van der Waals surface area contributed by atoms with Gasteiger partial charge in [-0.2, -0.15) is 0 Å². The Morgan fingerprint density at radius 1 is 1.03 bits per heavy atom. The highest BCUT2D eigenvalue weighted by Gasteiger charge is 2.35. The van der Waals surface area contributed by atoms with Gasteiger partial charge < -0.3 is 14.5 Å². The van der Waals surface area contributed by atoms with Crippen molar-refractivity contribution in [2.75, 3.05) is 13.2 Å². The Kier molecular flexibility index (Phi) is 5.54. The van der Waals surface area contributed by atoms with E-state index in [0.29, 0.717) is 27.9 Å². The lowest BCUT2D eigenvalue weighted by atomic mass is 10.1. The number of carbonyl (C=O) groups is 4. The van der Waals surface area contributed by atoms with E-state index in [1.165, 1.54) is 0 Å². The van der Waals surface area contributed by atoms with Gasteiger partial charge in [0.25, 0.3) is 11.8 Å². The minimum atomic E-state index is -0.675. The molecule has 3 rings (SSSR count). The molecule has 1 N–H and O–H groups in total. The molecule has 0 atom stereocenters. The van der Waals surface area contributed by atoms with Crippen molar-refractivity contribution in [1.29, 1.82) is 0 Å². The van der Waals surface area contributed by atoms with Gasteiger partial charge in [0.1, 0.15) is 12.3 Å². The highest BCUT2D eigenvalue weighted by Crippen LogP contribution is 2.23. The zero-order valence-corrected chi connectivity index (χ0v) is 16.7. The maximum Gasteiger partial charge on any atom is 0.355 e. The predicted octanol–water partition coefficient (Wildman–Crippen LogP) is 2.65. The van der Waals surface area contributed by atoms with Crippen molar-refractivity contribution < 1.29 is 28.7 Å². The van der Waals surface area contributed by atoms with Crippen LogP contribution < -0.4 is 0 Å². The first-order chi connectivity index (χ1) is 13.7. The molecule has 8 heteroatoms. The number of nitrogens with zero attached hydrogens (tertiary/aromatic N) is 1. The molecule has 1 aromatic carbocycles. The van der Waals surface area contributed by atoms with Crippen molar-refractivity contribution in [2.24, 2.45) is 0 Å². The molecule has 0 saturated heterocycles. The van der Waals surface area contributed by atoms with E-state index >= 15 is 0 Å². The van der Waals surface area contributed by atoms with Crippen LogP contribution in [0.1, 0.15) is 66.7 Å². The number of imide groups is 1. The largest absolute Gasteiger partial charge is 0.459 e. The lowest BCUT2D eigenvalue weighted by Gasteiger charge is -2.13. The summed E-state index contributed by atoms with van der Waals surface area (Å²) < 4.78 is 10.4. The van der Waals surface area contributed by atoms with Crippen LogP contribution in [-0.4, -0.2) is 52.9 Å². The summed E-state index contributed by atoms with van der Waals surface area (Å²) in [4.78, 5) is 53.2. The van der Waals surface area contributed by atoms with Crippen LogP contribution in [0.25, 0.3) is 0 Å². The standard InChI is InChI=1S/C21H22N2O6/c1-11(2)29-20(26)16-12(3)17(22-13(16)4)21(27)28-10-9-23-18(24)14-7-5-6-8-15(14)19(23)25/h5-8,11,22H,9-10H2,1-4H3. The molecule has 1 aliphatic heterocycles. The molecule has 2 amide bonds. The van der Waals surface area contributed by atoms with E-state index < -0.39 is 23.8 Å². The molecule has 2 aromatic rings. The second-order valence-corrected chi connectivity index (χ2v) is 7.02. The number of aryl methyl sites for hydroxylation is 1. The van der Waals surface area contributed by atoms with Crippen LogP contribution in [0.2, 0.25) is 0 Å². The maximum absolute atomic E-state index is 12.4. The molecule has 0 aliphatic carbocycles. The van der Waals surface area contributed by atoms with Crippen molar-refractivity contribution in [3.05, 3.63) is 57.9 Å². The molecule has 2 heterocycles. The average Bonchev–Trinajstić information content (AvgIpc) is 3.09. The number of fused-ring (bicyclic) bond motifs is 1. The lowest BCUT2D eigenvalue weighted by molar-refractivity contribution is 0.0375. The summed E-state index contributed by atoms with van der Waals surface area (Å²) in [7, 11) is 0. The number of nitrogens with one attached hydrogen (secondary N) is 1. The van der Waals surface area contributed by atoms with Crippen LogP contribution >= 0.6 is 0 Å². The smallest absolute Gasteiger partial charge is 0.355 e. The SMILES string of the molecule is Cc1[nH]c(C(=O)OCCN2C(=O)c3ccccc3C2=O)c(C)c1C(=O)OC(C)C. The second kappa shape index (κ2) is 7.90. The maximum atomic E-state index is 12.4. The summed E-state index contributed by atoms with van der Waals surface area (Å²) in [6.07, 6.45) is -0.286. The van der Waals surface area contributed by atoms with Gasteiger partial charge in [0, 0.05) is 5.69 Å². The first-order valence-electron chi connectivity index (χ1n) is 9.24. The molecule has 0 fully saturated rings. The van der Waals surface area contributed by atoms with Crippen molar-refractivity contribution in [3.63, 3.8) is 0 Å². The summed E-state index contributed by atoms with van der Waals surface area (Å²) in [6.45, 7) is 6.56. The van der Waals surface area contributed by atoms with Crippen LogP contribution in [0.5, 0.6) is 0 Å². The van der Waals surface area contributed by atoms with Crippen LogP contribution in [-0.2, 0) is 9.47 Å². The van der Waals surface area contributed by atoms with Gasteiger partial charge in [0.05, 0.1) is 29.3 Å². The van der Waals surface area contributed by atoms with Gasteiger partial charge in [-0.3, -0.25) is 14.5 Å². The van der Waals surface area contributed by atoms with Gasteiger partial charge >= 0.3 is 11.9 Å². The molecule has 0 saturated carbocycles. The molecule has 0 unspecified atom stereocenters. The number of esters is 2. The summed E-state index contributed by atoms with van der Waals surface area (Å²) in [6, 6.07) is 6.55. The molecule has 0 radical (unpaired) electrons. The first-order valence-corrected chi connectivity index (χ1v) is 9.24. The number of hydrogen-bond donors (Lipinski definition) is 1. The Hall–Kier alpha value is -3.42. The molecular weight excluding hydrogens is 376 g/mol. The van der Waals surface area contributed by atoms with E-state index in [0.717, 1.165) is 4.90 Å². The third-order valence-electron chi connectivity index (χ3n) is 4.61. The number of aromatic amines is 1. The number of ether oxygens (including phenoxy) is 2. The number of rotatable bonds is 6. The zero-order valence-electron chi connectivity index (χ0n) is 16.7. The van der Waals surface area contributed by atoms with Crippen molar-refractivity contribution in [3.8, 4) is 0 Å². The van der Waals surface area contributed by atoms with E-state index in [9.17, 15) is 19.2 Å². The lowest BCUT2D eigenvalue weighted by Crippen LogP contribution is -2.33. The average molecular weight is 398 g/mol. The van der Waals surface area contributed by atoms with Crippen LogP contribution in [0.4, 0.5) is 0 Å². The van der Waals surface area contributed by atoms with Gasteiger partial charge in [0.15, 0.2) is 0 Å². The summed E-state index contributed by atoms with van der Waals surface area (Å²) in [5.74, 6) is -2.01. The van der Waals surface area contributed by atoms with Gasteiger partial charge in [-0.05, 0) is 45.4 Å². The monoisotopic (exact) mass is 398 g/mol. The van der Waals surface area contributed by atoms with Crippen molar-refractivity contribution in [2.45, 2.75) is 33.8 Å². The summed E-state index contributed by atoms with van der Waals surface area (Å²) in [5, 5.41) is 0. The Balaban J connectivity index is 1.65. The van der Waals surface area contributed by atoms with Gasteiger partial charge in [-0.15, -0.1) is 0 Å². The van der Waals surface area contributed by atoms with Crippen molar-refractivity contribution >= 4 is 23.8 Å². The number of H-pyrrole nitrogens is 1. The summed E-state index contributed by atoms with van der Waals surface area (Å²) >= 11 is 0. The Bertz CT molecular complexity index is 970. The number of amides is 2. The second-order valence-electron chi connectivity index (χ2n) is 7.02. The molecule has 0 spiro atoms. The highest BCUT2D eigenvalue weighted by molar-refractivity contribution is 6.21. The third-order valence-corrected chi connectivity index (χ3v) is 4.61. The minimum absolute atomic E-state index is 0.0565. The number of benzene rings is 1. The van der Waals surface area contributed by atoms with E-state index in [1.54, 1.807) is 52.0 Å². The summed E-state index contributed by atoms with van der Waals surface area (Å²) in [5.41, 5.74) is 2.05. The Morgan fingerprint density at radius 2 is 1.62 bits per heavy atom. The third kappa shape index (κ3) is 3.78. The first kappa shape index (κ1) is 20.3. The van der Waals surface area contributed by atoms with E-state index in [-0.39, 0.29) is 24.9 Å². The fourth-order valence-corrected chi connectivity index (χ4v) is 3.28. The number of aromatic nitrogens is 1. The van der Waals surface area contributed by atoms with Crippen LogP contribution in [0.3, 0.4) is 0 Å². The van der Waals surface area contributed by atoms with Crippen LogP contribution in [0.15, 0.2) is 24.3 Å².